The number of nitrogens with one attached hydrogen (secondary N) is 1. The highest BCUT2D eigenvalue weighted by Gasteiger charge is 2.57. The number of hydrogen-bond acceptors (Lipinski definition) is 10. The summed E-state index contributed by atoms with van der Waals surface area (Å²) < 4.78 is 14.9. The van der Waals surface area contributed by atoms with Gasteiger partial charge in [0.15, 0.2) is 4.77 Å². The molecular weight excluding hydrogens is 420 g/mol. The molecule has 1 fully saturated rings. The molecule has 1 aromatic rings. The van der Waals surface area contributed by atoms with Crippen LogP contribution in [0.15, 0.2) is 11.0 Å². The lowest BCUT2D eigenvalue weighted by atomic mass is 9.98. The highest BCUT2D eigenvalue weighted by atomic mass is 32.1. The molecule has 0 bridgehead atoms. The van der Waals surface area contributed by atoms with Gasteiger partial charge in [0.25, 0.3) is 5.56 Å². The fourth-order valence-corrected chi connectivity index (χ4v) is 3.70. The third-order valence-electron chi connectivity index (χ3n) is 2.92. The first-order chi connectivity index (χ1) is 12.4. The van der Waals surface area contributed by atoms with Crippen molar-refractivity contribution in [2.75, 3.05) is 6.51 Å². The Hall–Kier alpha value is -0.670. The van der Waals surface area contributed by atoms with Gasteiger partial charge >= 0.3 is 16.3 Å². The van der Waals surface area contributed by atoms with E-state index in [1.807, 2.05) is 0 Å². The SMILES string of the molecule is [B]CO[P+](O)(O)O[P+](O)(O)O.[B][C@@H]1CCC(n2cc(C#C)c(=O)[nH]c2=S)O1. The molecule has 1 aliphatic heterocycles. The van der Waals surface area contributed by atoms with E-state index in [1.165, 1.54) is 6.20 Å². The van der Waals surface area contributed by atoms with Gasteiger partial charge in [-0.1, -0.05) is 5.92 Å². The van der Waals surface area contributed by atoms with Gasteiger partial charge in [0, 0.05) is 12.2 Å². The molecule has 16 heteroatoms. The van der Waals surface area contributed by atoms with Crippen LogP contribution in [0.2, 0.25) is 0 Å². The molecule has 1 saturated heterocycles. The van der Waals surface area contributed by atoms with E-state index in [4.69, 9.17) is 63.5 Å². The van der Waals surface area contributed by atoms with Gasteiger partial charge in [-0.3, -0.25) is 14.3 Å². The zero-order valence-electron chi connectivity index (χ0n) is 13.7. The molecule has 1 unspecified atom stereocenters. The molecule has 1 aromatic heterocycles. The Morgan fingerprint density at radius 1 is 1.41 bits per heavy atom. The first kappa shape index (κ1) is 24.4. The first-order valence-corrected chi connectivity index (χ1v) is 10.6. The molecular formula is C11H16B2N2O9P2S+2. The number of aromatic amines is 1. The van der Waals surface area contributed by atoms with Gasteiger partial charge in [0.1, 0.15) is 27.5 Å². The number of ether oxygens (including phenoxy) is 1. The lowest BCUT2D eigenvalue weighted by Crippen LogP contribution is -2.20. The minimum absolute atomic E-state index is 0.234. The minimum Gasteiger partial charge on any atom is -0.365 e. The number of rotatable bonds is 5. The Morgan fingerprint density at radius 2 is 2.04 bits per heavy atom. The van der Waals surface area contributed by atoms with Crippen molar-refractivity contribution in [3.63, 3.8) is 0 Å². The standard InChI is InChI=1S/C10H9BN2O2S.CH7BO7P2/c1-2-6-5-13(10(16)12-9(6)14)8-4-3-7(11)15-8;2-1-8-11(6,7)9-10(3,4)5/h1,5,7-8H,3-4H2,(H,12,14,16);3-7H,1H2/q;+2/t7-,8?;/m0./s1. The Balaban J connectivity index is 0.000000293. The molecule has 11 nitrogen and oxygen atoms in total. The zero-order valence-corrected chi connectivity index (χ0v) is 16.3. The molecule has 0 aliphatic carbocycles. The molecule has 2 heterocycles. The molecule has 2 rings (SSSR count). The van der Waals surface area contributed by atoms with Crippen LogP contribution in [-0.2, 0) is 13.6 Å². The summed E-state index contributed by atoms with van der Waals surface area (Å²) in [6, 6.07) is -0.284. The van der Waals surface area contributed by atoms with E-state index in [1.54, 1.807) is 4.57 Å². The summed E-state index contributed by atoms with van der Waals surface area (Å²) >= 11 is 5.04. The second-order valence-corrected chi connectivity index (χ2v) is 8.25. The average molecular weight is 436 g/mol. The summed E-state index contributed by atoms with van der Waals surface area (Å²) in [6.07, 6.45) is 8.02. The maximum absolute atomic E-state index is 11.4. The van der Waals surface area contributed by atoms with E-state index >= 15 is 0 Å². The van der Waals surface area contributed by atoms with Gasteiger partial charge in [-0.05, 0) is 25.1 Å². The van der Waals surface area contributed by atoms with E-state index in [-0.39, 0.29) is 23.4 Å². The number of terminal acetylenes is 1. The fraction of sp³-hybridized carbons (Fsp3) is 0.455. The van der Waals surface area contributed by atoms with Crippen molar-refractivity contribution in [3.05, 3.63) is 26.9 Å². The number of H-pyrrole nitrogens is 1. The van der Waals surface area contributed by atoms with Crippen molar-refractivity contribution in [1.29, 1.82) is 0 Å². The number of hydrogen-bond donors (Lipinski definition) is 6. The van der Waals surface area contributed by atoms with Crippen molar-refractivity contribution >= 4 is 44.3 Å². The quantitative estimate of drug-likeness (QED) is 0.148. The van der Waals surface area contributed by atoms with Gasteiger partial charge in [0.05, 0.1) is 10.8 Å². The third-order valence-corrected chi connectivity index (χ3v) is 5.45. The van der Waals surface area contributed by atoms with E-state index in [9.17, 15) is 4.79 Å². The van der Waals surface area contributed by atoms with Crippen molar-refractivity contribution in [2.45, 2.75) is 25.1 Å². The van der Waals surface area contributed by atoms with Crippen LogP contribution in [-0.4, -0.2) is 62.2 Å². The summed E-state index contributed by atoms with van der Waals surface area (Å²) in [5, 5.41) is 0. The van der Waals surface area contributed by atoms with Crippen LogP contribution in [0.3, 0.4) is 0 Å². The molecule has 2 atom stereocenters. The predicted molar refractivity (Wildman–Crippen MR) is 100 cm³/mol. The topological polar surface area (TPSA) is 167 Å². The molecule has 27 heavy (non-hydrogen) atoms. The lowest BCUT2D eigenvalue weighted by Gasteiger charge is -2.15. The Kier molecular flexibility index (Phi) is 9.21. The van der Waals surface area contributed by atoms with E-state index in [0.717, 1.165) is 12.8 Å². The summed E-state index contributed by atoms with van der Waals surface area (Å²) in [7, 11) is 1.25. The van der Waals surface area contributed by atoms with Crippen LogP contribution in [0.25, 0.3) is 0 Å². The van der Waals surface area contributed by atoms with Crippen LogP contribution >= 0.6 is 28.6 Å². The predicted octanol–water partition coefficient (Wildman–Crippen LogP) is -0.847. The third kappa shape index (κ3) is 8.48. The Morgan fingerprint density at radius 3 is 2.48 bits per heavy atom. The van der Waals surface area contributed by atoms with Gasteiger partial charge in [-0.25, -0.2) is 0 Å². The largest absolute Gasteiger partial charge is 0.619 e. The molecule has 144 valence electrons. The Labute approximate surface area is 163 Å². The second kappa shape index (κ2) is 10.2. The molecule has 6 N–H and O–H groups in total. The highest BCUT2D eigenvalue weighted by Crippen LogP contribution is 2.66. The summed E-state index contributed by atoms with van der Waals surface area (Å²) in [4.78, 5) is 55.4. The first-order valence-electron chi connectivity index (χ1n) is 7.09. The van der Waals surface area contributed by atoms with Gasteiger partial charge < -0.3 is 4.74 Å². The van der Waals surface area contributed by atoms with Crippen LogP contribution in [0.5, 0.6) is 0 Å². The van der Waals surface area contributed by atoms with Crippen LogP contribution in [0.4, 0.5) is 0 Å². The van der Waals surface area contributed by atoms with Crippen molar-refractivity contribution < 1.29 is 38.0 Å². The van der Waals surface area contributed by atoms with Gasteiger partial charge in [-0.2, -0.15) is 29.0 Å². The monoisotopic (exact) mass is 436 g/mol. The molecule has 0 aromatic carbocycles. The maximum Gasteiger partial charge on any atom is 0.619 e. The summed E-state index contributed by atoms with van der Waals surface area (Å²) in [5.74, 6) is 2.30. The molecule has 0 spiro atoms. The Bertz CT molecular complexity index is 792. The normalized spacial score (nSPS) is 19.9. The second-order valence-electron chi connectivity index (χ2n) is 4.94. The smallest absolute Gasteiger partial charge is 0.365 e. The van der Waals surface area contributed by atoms with Crippen molar-refractivity contribution in [2.24, 2.45) is 0 Å². The summed E-state index contributed by atoms with van der Waals surface area (Å²) in [6.45, 7) is -0.583. The maximum atomic E-state index is 11.4. The molecule has 1 aliphatic rings. The summed E-state index contributed by atoms with van der Waals surface area (Å²) in [5.41, 5.74) is -0.122. The van der Waals surface area contributed by atoms with E-state index in [2.05, 4.69) is 19.7 Å². The molecule has 4 radical (unpaired) electrons. The van der Waals surface area contributed by atoms with Crippen LogP contribution in [0.1, 0.15) is 24.6 Å². The van der Waals surface area contributed by atoms with E-state index in [0.29, 0.717) is 4.77 Å². The van der Waals surface area contributed by atoms with Crippen molar-refractivity contribution in [1.82, 2.24) is 9.55 Å². The minimum atomic E-state index is -4.70. The highest BCUT2D eigenvalue weighted by molar-refractivity contribution is 7.71. The van der Waals surface area contributed by atoms with Crippen LogP contribution < -0.4 is 5.56 Å². The van der Waals surface area contributed by atoms with Gasteiger partial charge in [-0.15, -0.1) is 6.42 Å². The lowest BCUT2D eigenvalue weighted by molar-refractivity contribution is 0.0353. The zero-order chi connectivity index (χ0) is 20.8. The molecule has 0 amide bonds. The molecule has 0 saturated carbocycles. The number of nitrogens with zero attached hydrogens (tertiary/aromatic N) is 1. The number of aromatic nitrogens is 2. The van der Waals surface area contributed by atoms with Gasteiger partial charge in [0.2, 0.25) is 0 Å². The average Bonchev–Trinajstić information content (AvgIpc) is 2.91. The van der Waals surface area contributed by atoms with Crippen LogP contribution in [0, 0.1) is 17.1 Å². The van der Waals surface area contributed by atoms with Crippen molar-refractivity contribution in [3.8, 4) is 12.3 Å². The fourth-order valence-electron chi connectivity index (χ4n) is 1.91. The van der Waals surface area contributed by atoms with E-state index < -0.39 is 22.8 Å².